The molecule has 0 aliphatic carbocycles. The second-order valence-electron chi connectivity index (χ2n) is 3.98. The van der Waals surface area contributed by atoms with Crippen LogP contribution >= 0.6 is 11.8 Å². The maximum atomic E-state index is 11.7. The van der Waals surface area contributed by atoms with Crippen molar-refractivity contribution >= 4 is 23.6 Å². The zero-order chi connectivity index (χ0) is 14.2. The molecule has 1 amide bonds. The quantitative estimate of drug-likeness (QED) is 0.605. The number of rotatable bonds is 7. The van der Waals surface area contributed by atoms with E-state index in [0.717, 1.165) is 12.2 Å². The summed E-state index contributed by atoms with van der Waals surface area (Å²) in [5.41, 5.74) is 0. The Morgan fingerprint density at radius 1 is 1.40 bits per heavy atom. The first-order valence-corrected chi connectivity index (χ1v) is 7.20. The summed E-state index contributed by atoms with van der Waals surface area (Å²) in [6.45, 7) is 0. The Labute approximate surface area is 121 Å². The lowest BCUT2D eigenvalue weighted by atomic mass is 10.3. The predicted molar refractivity (Wildman–Crippen MR) is 78.0 cm³/mol. The minimum Gasteiger partial charge on any atom is -0.466 e. The number of anilines is 1. The third kappa shape index (κ3) is 4.58. The standard InChI is InChI=1S/C13H16N4O2S/c1-19-13-15-12(16-17-13)14-11(18)8-5-9-20-10-6-3-2-4-7-10/h2-4,6-7H,5,8-9H2,1H3,(H2,14,15,16,17,18). The lowest BCUT2D eigenvalue weighted by Crippen LogP contribution is -2.12. The van der Waals surface area contributed by atoms with Crippen LogP contribution in [0.2, 0.25) is 0 Å². The molecule has 2 N–H and O–H groups in total. The molecule has 106 valence electrons. The Balaban J connectivity index is 1.65. The van der Waals surface area contributed by atoms with Gasteiger partial charge in [0.2, 0.25) is 11.9 Å². The zero-order valence-electron chi connectivity index (χ0n) is 11.1. The van der Waals surface area contributed by atoms with E-state index >= 15 is 0 Å². The van der Waals surface area contributed by atoms with E-state index in [1.807, 2.05) is 18.2 Å². The van der Waals surface area contributed by atoms with Gasteiger partial charge in [-0.2, -0.15) is 4.98 Å². The van der Waals surface area contributed by atoms with Gasteiger partial charge in [-0.1, -0.05) is 18.2 Å². The highest BCUT2D eigenvalue weighted by atomic mass is 32.2. The number of aromatic amines is 1. The smallest absolute Gasteiger partial charge is 0.336 e. The molecular formula is C13H16N4O2S. The second-order valence-corrected chi connectivity index (χ2v) is 5.15. The number of hydrogen-bond acceptors (Lipinski definition) is 5. The number of amides is 1. The molecule has 2 rings (SSSR count). The van der Waals surface area contributed by atoms with Gasteiger partial charge in [0.25, 0.3) is 0 Å². The van der Waals surface area contributed by atoms with Gasteiger partial charge in [-0.3, -0.25) is 10.1 Å². The largest absolute Gasteiger partial charge is 0.466 e. The van der Waals surface area contributed by atoms with Crippen molar-refractivity contribution in [3.63, 3.8) is 0 Å². The van der Waals surface area contributed by atoms with Crippen LogP contribution in [0.25, 0.3) is 0 Å². The number of benzene rings is 1. The number of thioether (sulfide) groups is 1. The van der Waals surface area contributed by atoms with Crippen molar-refractivity contribution in [1.82, 2.24) is 15.2 Å². The number of carbonyl (C=O) groups is 1. The zero-order valence-corrected chi connectivity index (χ0v) is 11.9. The van der Waals surface area contributed by atoms with Crippen molar-refractivity contribution in [2.75, 3.05) is 18.2 Å². The highest BCUT2D eigenvalue weighted by Gasteiger charge is 2.07. The molecule has 0 unspecified atom stereocenters. The van der Waals surface area contributed by atoms with Gasteiger partial charge in [0.05, 0.1) is 7.11 Å². The molecule has 0 atom stereocenters. The van der Waals surface area contributed by atoms with E-state index in [1.54, 1.807) is 11.8 Å². The highest BCUT2D eigenvalue weighted by molar-refractivity contribution is 7.99. The number of nitrogens with one attached hydrogen (secondary N) is 2. The number of hydrogen-bond donors (Lipinski definition) is 2. The summed E-state index contributed by atoms with van der Waals surface area (Å²) in [7, 11) is 1.47. The monoisotopic (exact) mass is 292 g/mol. The lowest BCUT2D eigenvalue weighted by Gasteiger charge is -2.02. The Morgan fingerprint density at radius 3 is 2.90 bits per heavy atom. The van der Waals surface area contributed by atoms with Crippen molar-refractivity contribution in [2.24, 2.45) is 0 Å². The lowest BCUT2D eigenvalue weighted by molar-refractivity contribution is -0.116. The van der Waals surface area contributed by atoms with Crippen LogP contribution in [0.4, 0.5) is 5.95 Å². The summed E-state index contributed by atoms with van der Waals surface area (Å²) in [4.78, 5) is 16.8. The third-order valence-corrected chi connectivity index (χ3v) is 3.56. The van der Waals surface area contributed by atoms with Gasteiger partial charge < -0.3 is 4.74 Å². The summed E-state index contributed by atoms with van der Waals surface area (Å²) in [5, 5.41) is 8.97. The summed E-state index contributed by atoms with van der Waals surface area (Å²) in [6.07, 6.45) is 1.25. The van der Waals surface area contributed by atoms with Gasteiger partial charge >= 0.3 is 6.01 Å². The molecule has 0 saturated heterocycles. The van der Waals surface area contributed by atoms with Crippen LogP contribution in [0.1, 0.15) is 12.8 Å². The first-order chi connectivity index (χ1) is 9.78. The number of H-pyrrole nitrogens is 1. The summed E-state index contributed by atoms with van der Waals surface area (Å²) in [6, 6.07) is 10.3. The van der Waals surface area contributed by atoms with Crippen LogP contribution in [0, 0.1) is 0 Å². The summed E-state index contributed by atoms with van der Waals surface area (Å²) in [5.74, 6) is 1.12. The number of carbonyl (C=O) groups excluding carboxylic acids is 1. The van der Waals surface area contributed by atoms with Crippen LogP contribution in [0.5, 0.6) is 6.01 Å². The maximum absolute atomic E-state index is 11.7. The van der Waals surface area contributed by atoms with Crippen molar-refractivity contribution < 1.29 is 9.53 Å². The fourth-order valence-corrected chi connectivity index (χ4v) is 2.40. The molecule has 1 aromatic heterocycles. The van der Waals surface area contributed by atoms with Crippen molar-refractivity contribution in [1.29, 1.82) is 0 Å². The minimum atomic E-state index is -0.0857. The summed E-state index contributed by atoms with van der Waals surface area (Å²) < 4.78 is 4.82. The van der Waals surface area contributed by atoms with Crippen molar-refractivity contribution in [2.45, 2.75) is 17.7 Å². The molecule has 2 aromatic rings. The molecule has 1 heterocycles. The summed E-state index contributed by atoms with van der Waals surface area (Å²) >= 11 is 1.74. The molecule has 0 aliphatic rings. The molecule has 0 radical (unpaired) electrons. The fraction of sp³-hybridized carbons (Fsp3) is 0.308. The number of aromatic nitrogens is 3. The van der Waals surface area contributed by atoms with E-state index in [9.17, 15) is 4.79 Å². The van der Waals surface area contributed by atoms with E-state index in [0.29, 0.717) is 12.4 Å². The van der Waals surface area contributed by atoms with E-state index in [4.69, 9.17) is 4.74 Å². The van der Waals surface area contributed by atoms with Gasteiger partial charge in [-0.05, 0) is 24.3 Å². The van der Waals surface area contributed by atoms with Crippen LogP contribution in [0.15, 0.2) is 35.2 Å². The molecule has 0 bridgehead atoms. The fourth-order valence-electron chi connectivity index (χ4n) is 1.53. The topological polar surface area (TPSA) is 79.9 Å². The first-order valence-electron chi connectivity index (χ1n) is 6.22. The Kier molecular flexibility index (Phi) is 5.43. The molecule has 1 aromatic carbocycles. The number of nitrogens with zero attached hydrogens (tertiary/aromatic N) is 2. The van der Waals surface area contributed by atoms with E-state index in [-0.39, 0.29) is 11.9 Å². The minimum absolute atomic E-state index is 0.0857. The second kappa shape index (κ2) is 7.54. The highest BCUT2D eigenvalue weighted by Crippen LogP contribution is 2.18. The number of ether oxygens (including phenoxy) is 1. The van der Waals surface area contributed by atoms with Crippen LogP contribution in [0.3, 0.4) is 0 Å². The van der Waals surface area contributed by atoms with Gasteiger partial charge in [0.1, 0.15) is 0 Å². The van der Waals surface area contributed by atoms with Crippen LogP contribution in [-0.2, 0) is 4.79 Å². The Morgan fingerprint density at radius 2 is 2.20 bits per heavy atom. The third-order valence-electron chi connectivity index (χ3n) is 2.47. The van der Waals surface area contributed by atoms with Gasteiger partial charge in [-0.25, -0.2) is 5.10 Å². The van der Waals surface area contributed by atoms with Crippen molar-refractivity contribution in [3.05, 3.63) is 30.3 Å². The first kappa shape index (κ1) is 14.4. The van der Waals surface area contributed by atoms with E-state index in [2.05, 4.69) is 32.6 Å². The predicted octanol–water partition coefficient (Wildman–Crippen LogP) is 2.32. The van der Waals surface area contributed by atoms with Crippen LogP contribution < -0.4 is 10.1 Å². The molecule has 20 heavy (non-hydrogen) atoms. The Hall–Kier alpha value is -2.02. The molecular weight excluding hydrogens is 276 g/mol. The van der Waals surface area contributed by atoms with Crippen molar-refractivity contribution in [3.8, 4) is 6.01 Å². The van der Waals surface area contributed by atoms with Crippen LogP contribution in [-0.4, -0.2) is 34.0 Å². The molecule has 7 heteroatoms. The van der Waals surface area contributed by atoms with E-state index < -0.39 is 0 Å². The molecule has 0 aliphatic heterocycles. The average molecular weight is 292 g/mol. The maximum Gasteiger partial charge on any atom is 0.336 e. The average Bonchev–Trinajstić information content (AvgIpc) is 2.92. The van der Waals surface area contributed by atoms with Gasteiger partial charge in [0.15, 0.2) is 0 Å². The molecule has 0 spiro atoms. The van der Waals surface area contributed by atoms with Gasteiger partial charge in [-0.15, -0.1) is 16.9 Å². The van der Waals surface area contributed by atoms with E-state index in [1.165, 1.54) is 12.0 Å². The number of methoxy groups -OCH3 is 1. The molecule has 0 fully saturated rings. The molecule has 6 nitrogen and oxygen atoms in total. The van der Waals surface area contributed by atoms with Gasteiger partial charge in [0, 0.05) is 11.3 Å². The SMILES string of the molecule is COc1n[nH]c(NC(=O)CCCSc2ccccc2)n1. The Bertz CT molecular complexity index is 544. The normalized spacial score (nSPS) is 10.2. The molecule has 0 saturated carbocycles.